The van der Waals surface area contributed by atoms with Gasteiger partial charge in [-0.2, -0.15) is 18.3 Å². The second kappa shape index (κ2) is 7.47. The molecule has 4 aromatic rings. The molecule has 1 aliphatic rings. The first kappa shape index (κ1) is 20.2. The van der Waals surface area contributed by atoms with Gasteiger partial charge in [0.05, 0.1) is 36.7 Å². The molecule has 1 aromatic carbocycles. The average Bonchev–Trinajstić information content (AvgIpc) is 2.97. The zero-order chi connectivity index (χ0) is 22.5. The minimum Gasteiger partial charge on any atom is -0.488 e. The van der Waals surface area contributed by atoms with E-state index in [0.717, 1.165) is 40.9 Å². The van der Waals surface area contributed by atoms with E-state index in [9.17, 15) is 13.2 Å². The Morgan fingerprint density at radius 2 is 1.88 bits per heavy atom. The van der Waals surface area contributed by atoms with E-state index >= 15 is 0 Å². The van der Waals surface area contributed by atoms with Gasteiger partial charge < -0.3 is 9.64 Å². The molecule has 10 heteroatoms. The summed E-state index contributed by atoms with van der Waals surface area (Å²) in [5, 5.41) is 4.27. The molecule has 5 rings (SSSR count). The number of ether oxygens (including phenoxy) is 1. The summed E-state index contributed by atoms with van der Waals surface area (Å²) < 4.78 is 46.3. The van der Waals surface area contributed by atoms with Crippen LogP contribution in [-0.4, -0.2) is 37.9 Å². The lowest BCUT2D eigenvalue weighted by Gasteiger charge is -2.24. The molecule has 4 heterocycles. The number of anilines is 1. The average molecular weight is 440 g/mol. The summed E-state index contributed by atoms with van der Waals surface area (Å²) >= 11 is 0. The van der Waals surface area contributed by atoms with Crippen LogP contribution in [0.4, 0.5) is 18.9 Å². The van der Waals surface area contributed by atoms with Crippen LogP contribution in [0, 0.1) is 6.92 Å². The molecule has 0 unspecified atom stereocenters. The Hall–Kier alpha value is -3.69. The van der Waals surface area contributed by atoms with Crippen molar-refractivity contribution < 1.29 is 17.9 Å². The van der Waals surface area contributed by atoms with Crippen molar-refractivity contribution in [2.24, 2.45) is 7.05 Å². The van der Waals surface area contributed by atoms with E-state index in [-0.39, 0.29) is 5.52 Å². The highest BCUT2D eigenvalue weighted by Crippen LogP contribution is 2.31. The summed E-state index contributed by atoms with van der Waals surface area (Å²) in [6.45, 7) is 3.97. The molecular formula is C22H19F3N6O. The zero-order valence-corrected chi connectivity index (χ0v) is 17.4. The maximum Gasteiger partial charge on any atom is 0.433 e. The second-order valence-electron chi connectivity index (χ2n) is 7.64. The van der Waals surface area contributed by atoms with Crippen LogP contribution >= 0.6 is 0 Å². The number of rotatable bonds is 2. The maximum atomic E-state index is 12.9. The normalized spacial score (nSPS) is 14.2. The van der Waals surface area contributed by atoms with Crippen LogP contribution in [0.1, 0.15) is 17.0 Å². The number of fused-ring (bicyclic) bond motifs is 2. The zero-order valence-electron chi connectivity index (χ0n) is 17.4. The number of aromatic nitrogens is 5. The van der Waals surface area contributed by atoms with Gasteiger partial charge in [0.15, 0.2) is 11.6 Å². The van der Waals surface area contributed by atoms with E-state index in [4.69, 9.17) is 4.74 Å². The second-order valence-corrected chi connectivity index (χ2v) is 7.64. The van der Waals surface area contributed by atoms with E-state index in [0.29, 0.717) is 24.5 Å². The monoisotopic (exact) mass is 440 g/mol. The molecule has 0 spiro atoms. The molecule has 0 bridgehead atoms. The summed E-state index contributed by atoms with van der Waals surface area (Å²) in [6, 6.07) is 8.15. The van der Waals surface area contributed by atoms with Crippen LogP contribution in [0.5, 0.6) is 5.75 Å². The van der Waals surface area contributed by atoms with Gasteiger partial charge >= 0.3 is 6.18 Å². The minimum atomic E-state index is -4.51. The van der Waals surface area contributed by atoms with E-state index < -0.39 is 11.9 Å². The topological polar surface area (TPSA) is 69.0 Å². The van der Waals surface area contributed by atoms with Gasteiger partial charge in [-0.25, -0.2) is 15.0 Å². The molecule has 1 aliphatic heterocycles. The number of hydrogen-bond donors (Lipinski definition) is 0. The van der Waals surface area contributed by atoms with Gasteiger partial charge in [0.25, 0.3) is 0 Å². The molecule has 0 saturated carbocycles. The van der Waals surface area contributed by atoms with Crippen molar-refractivity contribution in [2.75, 3.05) is 18.1 Å². The summed E-state index contributed by atoms with van der Waals surface area (Å²) in [5.74, 6) is 1.23. The quantitative estimate of drug-likeness (QED) is 0.467. The van der Waals surface area contributed by atoms with Crippen molar-refractivity contribution in [3.63, 3.8) is 0 Å². The molecule has 0 N–H and O–H groups in total. The molecule has 0 aliphatic carbocycles. The molecule has 0 fully saturated rings. The molecular weight excluding hydrogens is 421 g/mol. The summed E-state index contributed by atoms with van der Waals surface area (Å²) in [7, 11) is 1.89. The third kappa shape index (κ3) is 3.61. The third-order valence-corrected chi connectivity index (χ3v) is 5.51. The largest absolute Gasteiger partial charge is 0.488 e. The first-order valence-corrected chi connectivity index (χ1v) is 10.0. The fourth-order valence-corrected chi connectivity index (χ4v) is 3.84. The Morgan fingerprint density at radius 3 is 2.66 bits per heavy atom. The van der Waals surface area contributed by atoms with E-state index in [1.807, 2.05) is 36.9 Å². The van der Waals surface area contributed by atoms with Crippen LogP contribution < -0.4 is 9.64 Å². The fraction of sp³-hybridized carbons (Fsp3) is 0.273. The van der Waals surface area contributed by atoms with Gasteiger partial charge in [-0.3, -0.25) is 4.68 Å². The Bertz CT molecular complexity index is 1320. The SMILES string of the molecule is Cc1cc(-c2ncc3nc(C(F)(F)F)ccc3n2)ccc1N1CCOc2cnn(C)c2C1. The lowest BCUT2D eigenvalue weighted by Crippen LogP contribution is -2.27. The predicted octanol–water partition coefficient (Wildman–Crippen LogP) is 4.15. The van der Waals surface area contributed by atoms with Gasteiger partial charge in [0, 0.05) is 18.3 Å². The van der Waals surface area contributed by atoms with Crippen LogP contribution in [-0.2, 0) is 19.8 Å². The summed E-state index contributed by atoms with van der Waals surface area (Å²) in [6.07, 6.45) is -1.45. The standard InChI is InChI=1S/C22H19F3N6O/c1-13-9-14(21-26-10-16-15(29-21)4-6-20(28-16)22(23,24)25)3-5-17(13)31-7-8-32-19-11-27-30(2)18(19)12-31/h3-6,9-11H,7-8,12H2,1-2H3. The van der Waals surface area contributed by atoms with Crippen LogP contribution in [0.15, 0.2) is 42.7 Å². The molecule has 32 heavy (non-hydrogen) atoms. The number of hydrogen-bond acceptors (Lipinski definition) is 6. The van der Waals surface area contributed by atoms with Crippen molar-refractivity contribution in [3.8, 4) is 17.1 Å². The lowest BCUT2D eigenvalue weighted by atomic mass is 10.1. The molecule has 0 amide bonds. The lowest BCUT2D eigenvalue weighted by molar-refractivity contribution is -0.140. The Kier molecular flexibility index (Phi) is 4.72. The summed E-state index contributed by atoms with van der Waals surface area (Å²) in [4.78, 5) is 14.5. The molecule has 0 saturated heterocycles. The van der Waals surface area contributed by atoms with E-state index in [1.54, 1.807) is 6.20 Å². The predicted molar refractivity (Wildman–Crippen MR) is 112 cm³/mol. The molecule has 0 radical (unpaired) electrons. The highest BCUT2D eigenvalue weighted by Gasteiger charge is 2.32. The maximum absolute atomic E-state index is 12.9. The third-order valence-electron chi connectivity index (χ3n) is 5.51. The van der Waals surface area contributed by atoms with Crippen molar-refractivity contribution in [2.45, 2.75) is 19.6 Å². The van der Waals surface area contributed by atoms with Crippen LogP contribution in [0.25, 0.3) is 22.4 Å². The Balaban J connectivity index is 1.45. The number of alkyl halides is 3. The first-order valence-electron chi connectivity index (χ1n) is 10.0. The Labute approximate surface area is 181 Å². The number of aryl methyl sites for hydroxylation is 2. The smallest absolute Gasteiger partial charge is 0.433 e. The minimum absolute atomic E-state index is 0.105. The number of nitrogens with zero attached hydrogens (tertiary/aromatic N) is 6. The van der Waals surface area contributed by atoms with Crippen LogP contribution in [0.2, 0.25) is 0 Å². The van der Waals surface area contributed by atoms with Gasteiger partial charge in [-0.1, -0.05) is 0 Å². The number of benzene rings is 1. The van der Waals surface area contributed by atoms with Crippen molar-refractivity contribution in [1.82, 2.24) is 24.7 Å². The molecule has 7 nitrogen and oxygen atoms in total. The first-order chi connectivity index (χ1) is 15.3. The van der Waals surface area contributed by atoms with Crippen molar-refractivity contribution >= 4 is 16.7 Å². The van der Waals surface area contributed by atoms with Crippen LogP contribution in [0.3, 0.4) is 0 Å². The molecule has 3 aromatic heterocycles. The Morgan fingerprint density at radius 1 is 1.03 bits per heavy atom. The van der Waals surface area contributed by atoms with E-state index in [2.05, 4.69) is 25.0 Å². The van der Waals surface area contributed by atoms with E-state index in [1.165, 1.54) is 12.3 Å². The number of pyridine rings is 1. The van der Waals surface area contributed by atoms with Gasteiger partial charge in [-0.15, -0.1) is 0 Å². The molecule has 164 valence electrons. The highest BCUT2D eigenvalue weighted by molar-refractivity contribution is 5.76. The molecule has 0 atom stereocenters. The fourth-order valence-electron chi connectivity index (χ4n) is 3.84. The highest BCUT2D eigenvalue weighted by atomic mass is 19.4. The van der Waals surface area contributed by atoms with Crippen molar-refractivity contribution in [3.05, 3.63) is 59.7 Å². The number of halogens is 3. The van der Waals surface area contributed by atoms with Gasteiger partial charge in [-0.05, 0) is 42.8 Å². The van der Waals surface area contributed by atoms with Gasteiger partial charge in [0.1, 0.15) is 17.8 Å². The van der Waals surface area contributed by atoms with Crippen molar-refractivity contribution in [1.29, 1.82) is 0 Å². The summed E-state index contributed by atoms with van der Waals surface area (Å²) in [5.41, 5.74) is 3.38. The van der Waals surface area contributed by atoms with Gasteiger partial charge in [0.2, 0.25) is 0 Å².